The van der Waals surface area contributed by atoms with Gasteiger partial charge in [-0.25, -0.2) is 0 Å². The monoisotopic (exact) mass is 341 g/mol. The van der Waals surface area contributed by atoms with Gasteiger partial charge in [-0.3, -0.25) is 0 Å². The van der Waals surface area contributed by atoms with Crippen LogP contribution in [0.1, 0.15) is 18.5 Å². The zero-order valence-electron chi connectivity index (χ0n) is 13.3. The summed E-state index contributed by atoms with van der Waals surface area (Å²) in [5.74, 6) is 1.80. The van der Waals surface area contributed by atoms with E-state index in [1.807, 2.05) is 35.7 Å². The molecule has 3 aromatic rings. The molecule has 0 saturated carbocycles. The lowest BCUT2D eigenvalue weighted by Crippen LogP contribution is -2.38. The maximum atomic E-state index is 5.41. The van der Waals surface area contributed by atoms with E-state index in [1.165, 1.54) is 12.8 Å². The molecule has 0 spiro atoms. The molecule has 0 unspecified atom stereocenters. The van der Waals surface area contributed by atoms with E-state index in [0.29, 0.717) is 12.6 Å². The first-order valence-corrected chi connectivity index (χ1v) is 9.02. The van der Waals surface area contributed by atoms with Crippen LogP contribution in [0.5, 0.6) is 0 Å². The number of rotatable bonds is 6. The first-order chi connectivity index (χ1) is 11.9. The van der Waals surface area contributed by atoms with Crippen LogP contribution in [0.4, 0.5) is 5.82 Å². The molecule has 0 radical (unpaired) electrons. The zero-order valence-corrected chi connectivity index (χ0v) is 14.1. The predicted molar refractivity (Wildman–Crippen MR) is 93.9 cm³/mol. The van der Waals surface area contributed by atoms with Crippen LogP contribution in [0, 0.1) is 0 Å². The average Bonchev–Trinajstić information content (AvgIpc) is 3.37. The molecule has 0 bridgehead atoms. The minimum atomic E-state index is 0.449. The van der Waals surface area contributed by atoms with Gasteiger partial charge < -0.3 is 14.7 Å². The minimum Gasteiger partial charge on any atom is -0.355 e. The summed E-state index contributed by atoms with van der Waals surface area (Å²) in [5.41, 5.74) is 0.933. The normalized spacial score (nSPS) is 17.5. The van der Waals surface area contributed by atoms with Crippen molar-refractivity contribution < 1.29 is 4.52 Å². The molecule has 1 atom stereocenters. The molecular formula is C17H19N5OS. The lowest BCUT2D eigenvalue weighted by Gasteiger charge is -2.25. The average molecular weight is 341 g/mol. The Kier molecular flexibility index (Phi) is 4.53. The van der Waals surface area contributed by atoms with Crippen molar-refractivity contribution >= 4 is 17.2 Å². The third kappa shape index (κ3) is 3.32. The van der Waals surface area contributed by atoms with Crippen LogP contribution in [0.3, 0.4) is 0 Å². The van der Waals surface area contributed by atoms with Gasteiger partial charge in [-0.05, 0) is 36.4 Å². The van der Waals surface area contributed by atoms with Gasteiger partial charge in [-0.2, -0.15) is 5.10 Å². The largest absolute Gasteiger partial charge is 0.355 e. The van der Waals surface area contributed by atoms with E-state index >= 15 is 0 Å². The molecule has 0 aromatic carbocycles. The van der Waals surface area contributed by atoms with Crippen molar-refractivity contribution in [2.45, 2.75) is 25.4 Å². The third-order valence-electron chi connectivity index (χ3n) is 4.24. The summed E-state index contributed by atoms with van der Waals surface area (Å²) in [5, 5.41) is 17.9. The van der Waals surface area contributed by atoms with Crippen LogP contribution in [-0.2, 0) is 6.54 Å². The molecule has 1 N–H and O–H groups in total. The molecule has 1 aliphatic rings. The number of nitrogens with zero attached hydrogens (tertiary/aromatic N) is 4. The smallest absolute Gasteiger partial charge is 0.177 e. The number of hydrogen-bond donors (Lipinski definition) is 1. The SMILES string of the molecule is c1cnnc(N2CCC[C@@H]2CNCc2cc(-c3cccs3)on2)c1. The number of nitrogens with one attached hydrogen (secondary N) is 1. The van der Waals surface area contributed by atoms with Gasteiger partial charge in [0.05, 0.1) is 10.6 Å². The number of aromatic nitrogens is 3. The van der Waals surface area contributed by atoms with Crippen LogP contribution < -0.4 is 10.2 Å². The van der Waals surface area contributed by atoms with E-state index in [9.17, 15) is 0 Å². The third-order valence-corrected chi connectivity index (χ3v) is 5.12. The Labute approximate surface area is 144 Å². The van der Waals surface area contributed by atoms with E-state index in [2.05, 4.69) is 25.6 Å². The topological polar surface area (TPSA) is 67.1 Å². The second-order valence-electron chi connectivity index (χ2n) is 5.86. The fraction of sp³-hybridized carbons (Fsp3) is 0.353. The molecule has 6 nitrogen and oxygen atoms in total. The lowest BCUT2D eigenvalue weighted by atomic mass is 10.2. The van der Waals surface area contributed by atoms with Crippen molar-refractivity contribution in [2.75, 3.05) is 18.0 Å². The van der Waals surface area contributed by atoms with Crippen LogP contribution in [0.2, 0.25) is 0 Å². The molecule has 1 aliphatic heterocycles. The van der Waals surface area contributed by atoms with Crippen molar-refractivity contribution in [1.29, 1.82) is 0 Å². The molecule has 1 fully saturated rings. The maximum Gasteiger partial charge on any atom is 0.177 e. The van der Waals surface area contributed by atoms with Gasteiger partial charge in [-0.15, -0.1) is 16.4 Å². The van der Waals surface area contributed by atoms with Crippen molar-refractivity contribution in [3.05, 3.63) is 47.6 Å². The second kappa shape index (κ2) is 7.11. The Morgan fingerprint density at radius 1 is 1.33 bits per heavy atom. The Morgan fingerprint density at radius 2 is 2.33 bits per heavy atom. The van der Waals surface area contributed by atoms with E-state index in [1.54, 1.807) is 17.5 Å². The summed E-state index contributed by atoms with van der Waals surface area (Å²) >= 11 is 1.66. The Bertz CT molecular complexity index is 758. The van der Waals surface area contributed by atoms with Crippen molar-refractivity contribution in [2.24, 2.45) is 0 Å². The number of anilines is 1. The summed E-state index contributed by atoms with van der Waals surface area (Å²) in [6, 6.07) is 10.5. The minimum absolute atomic E-state index is 0.449. The standard InChI is InChI=1S/C17H19N5OS/c1-6-17(20-19-7-1)22-8-2-4-14(22)12-18-11-13-10-15(23-21-13)16-5-3-9-24-16/h1,3,5-7,9-10,14,18H,2,4,8,11-12H2/t14-/m1/s1. The first-order valence-electron chi connectivity index (χ1n) is 8.15. The molecule has 4 rings (SSSR count). The van der Waals surface area contributed by atoms with Crippen LogP contribution in [0.15, 0.2) is 46.4 Å². The van der Waals surface area contributed by atoms with Gasteiger partial charge in [0, 0.05) is 37.9 Å². The second-order valence-corrected chi connectivity index (χ2v) is 6.81. The van der Waals surface area contributed by atoms with Crippen molar-refractivity contribution in [3.63, 3.8) is 0 Å². The predicted octanol–water partition coefficient (Wildman–Crippen LogP) is 2.95. The summed E-state index contributed by atoms with van der Waals surface area (Å²) in [7, 11) is 0. The molecule has 3 aromatic heterocycles. The van der Waals surface area contributed by atoms with Crippen LogP contribution in [-0.4, -0.2) is 34.5 Å². The molecular weight excluding hydrogens is 322 g/mol. The Balaban J connectivity index is 1.32. The van der Waals surface area contributed by atoms with Gasteiger partial charge >= 0.3 is 0 Å². The molecule has 0 aliphatic carbocycles. The van der Waals surface area contributed by atoms with Gasteiger partial charge in [-0.1, -0.05) is 11.2 Å². The van der Waals surface area contributed by atoms with Gasteiger partial charge in [0.15, 0.2) is 11.6 Å². The molecule has 4 heterocycles. The summed E-state index contributed by atoms with van der Waals surface area (Å²) < 4.78 is 5.41. The van der Waals surface area contributed by atoms with Gasteiger partial charge in [0.1, 0.15) is 0 Å². The van der Waals surface area contributed by atoms with Crippen molar-refractivity contribution in [1.82, 2.24) is 20.7 Å². The van der Waals surface area contributed by atoms with Crippen LogP contribution in [0.25, 0.3) is 10.6 Å². The Morgan fingerprint density at radius 3 is 3.17 bits per heavy atom. The molecule has 7 heteroatoms. The molecule has 1 saturated heterocycles. The summed E-state index contributed by atoms with van der Waals surface area (Å²) in [4.78, 5) is 3.44. The Hall–Kier alpha value is -2.25. The molecule has 124 valence electrons. The summed E-state index contributed by atoms with van der Waals surface area (Å²) in [6.45, 7) is 2.65. The van der Waals surface area contributed by atoms with E-state index in [-0.39, 0.29) is 0 Å². The fourth-order valence-corrected chi connectivity index (χ4v) is 3.77. The maximum absolute atomic E-state index is 5.41. The quantitative estimate of drug-likeness (QED) is 0.743. The number of hydrogen-bond acceptors (Lipinski definition) is 7. The highest BCUT2D eigenvalue weighted by Crippen LogP contribution is 2.25. The highest BCUT2D eigenvalue weighted by Gasteiger charge is 2.25. The van der Waals surface area contributed by atoms with Crippen molar-refractivity contribution in [3.8, 4) is 10.6 Å². The van der Waals surface area contributed by atoms with Gasteiger partial charge in [0.2, 0.25) is 0 Å². The van der Waals surface area contributed by atoms with E-state index in [4.69, 9.17) is 4.52 Å². The van der Waals surface area contributed by atoms with E-state index in [0.717, 1.165) is 35.2 Å². The highest BCUT2D eigenvalue weighted by molar-refractivity contribution is 7.13. The highest BCUT2D eigenvalue weighted by atomic mass is 32.1. The van der Waals surface area contributed by atoms with E-state index < -0.39 is 0 Å². The zero-order chi connectivity index (χ0) is 16.2. The molecule has 24 heavy (non-hydrogen) atoms. The van der Waals surface area contributed by atoms with Crippen LogP contribution >= 0.6 is 11.3 Å². The molecule has 0 amide bonds. The fourth-order valence-electron chi connectivity index (χ4n) is 3.09. The summed E-state index contributed by atoms with van der Waals surface area (Å²) in [6.07, 6.45) is 4.07. The number of thiophene rings is 1. The van der Waals surface area contributed by atoms with Gasteiger partial charge in [0.25, 0.3) is 0 Å². The lowest BCUT2D eigenvalue weighted by molar-refractivity contribution is 0.419. The first kappa shape index (κ1) is 15.3.